The molecule has 3 rings (SSSR count). The van der Waals surface area contributed by atoms with Crippen LogP contribution in [0.15, 0.2) is 47.1 Å². The largest absolute Gasteiger partial charge is 0.336 e. The first-order chi connectivity index (χ1) is 9.57. The fourth-order valence-corrected chi connectivity index (χ4v) is 1.98. The molecule has 102 valence electrons. The van der Waals surface area contributed by atoms with Gasteiger partial charge < -0.3 is 10.3 Å². The van der Waals surface area contributed by atoms with Crippen LogP contribution < -0.4 is 5.73 Å². The quantitative estimate of drug-likeness (QED) is 0.782. The third-order valence-corrected chi connectivity index (χ3v) is 3.19. The maximum atomic E-state index is 6.33. The molecule has 3 aromatic rings. The molecule has 0 aliphatic carbocycles. The summed E-state index contributed by atoms with van der Waals surface area (Å²) in [5.74, 6) is 0.803. The predicted molar refractivity (Wildman–Crippen MR) is 73.6 cm³/mol. The molecular weight excluding hydrogens is 254 g/mol. The molecule has 0 saturated carbocycles. The number of nitrogens with zero attached hydrogens (tertiary/aromatic N) is 4. The van der Waals surface area contributed by atoms with Crippen LogP contribution in [0.4, 0.5) is 0 Å². The van der Waals surface area contributed by atoms with Crippen molar-refractivity contribution in [3.8, 4) is 11.5 Å². The highest BCUT2D eigenvalue weighted by Gasteiger charge is 2.30. The van der Waals surface area contributed by atoms with Crippen LogP contribution in [0.2, 0.25) is 0 Å². The first-order valence-electron chi connectivity index (χ1n) is 6.26. The van der Waals surface area contributed by atoms with Gasteiger partial charge in [0.2, 0.25) is 5.82 Å². The average Bonchev–Trinajstić information content (AvgIpc) is 3.08. The molecule has 2 N–H and O–H groups in total. The molecule has 20 heavy (non-hydrogen) atoms. The number of benzene rings is 1. The van der Waals surface area contributed by atoms with Crippen LogP contribution in [0.25, 0.3) is 11.5 Å². The van der Waals surface area contributed by atoms with Crippen molar-refractivity contribution in [2.24, 2.45) is 12.8 Å². The van der Waals surface area contributed by atoms with Crippen molar-refractivity contribution in [3.05, 3.63) is 54.0 Å². The van der Waals surface area contributed by atoms with Gasteiger partial charge >= 0.3 is 0 Å². The Balaban J connectivity index is 1.97. The lowest BCUT2D eigenvalue weighted by Gasteiger charge is -2.19. The molecule has 2 heterocycles. The number of hydrogen-bond donors (Lipinski definition) is 1. The number of hydrogen-bond acceptors (Lipinski definition) is 5. The standard InChI is InChI=1S/C14H15N5O/c1-14(15,10-6-4-3-5-7-10)13-16-12(18-20-13)11-8-9-19(2)17-11/h3-9H,15H2,1-2H3. The zero-order chi connectivity index (χ0) is 14.2. The first kappa shape index (κ1) is 12.6. The summed E-state index contributed by atoms with van der Waals surface area (Å²) in [4.78, 5) is 4.36. The fraction of sp³-hybridized carbons (Fsp3) is 0.214. The van der Waals surface area contributed by atoms with E-state index >= 15 is 0 Å². The predicted octanol–water partition coefficient (Wildman–Crippen LogP) is 1.69. The molecule has 1 aromatic carbocycles. The molecule has 0 radical (unpaired) electrons. The van der Waals surface area contributed by atoms with E-state index in [1.54, 1.807) is 4.68 Å². The van der Waals surface area contributed by atoms with Crippen LogP contribution in [-0.2, 0) is 12.6 Å². The lowest BCUT2D eigenvalue weighted by atomic mass is 9.93. The monoisotopic (exact) mass is 269 g/mol. The van der Waals surface area contributed by atoms with Crippen molar-refractivity contribution in [2.45, 2.75) is 12.5 Å². The Hall–Kier alpha value is -2.47. The van der Waals surface area contributed by atoms with E-state index in [9.17, 15) is 0 Å². The third kappa shape index (κ3) is 2.10. The number of aromatic nitrogens is 4. The van der Waals surface area contributed by atoms with Gasteiger partial charge in [0.15, 0.2) is 0 Å². The molecule has 6 heteroatoms. The van der Waals surface area contributed by atoms with Crippen molar-refractivity contribution in [2.75, 3.05) is 0 Å². The van der Waals surface area contributed by atoms with E-state index in [-0.39, 0.29) is 0 Å². The zero-order valence-corrected chi connectivity index (χ0v) is 11.3. The van der Waals surface area contributed by atoms with Gasteiger partial charge in [-0.1, -0.05) is 35.5 Å². The molecule has 0 amide bonds. The zero-order valence-electron chi connectivity index (χ0n) is 11.3. The summed E-state index contributed by atoms with van der Waals surface area (Å²) in [6.45, 7) is 1.85. The summed E-state index contributed by atoms with van der Waals surface area (Å²) < 4.78 is 7.00. The van der Waals surface area contributed by atoms with Crippen LogP contribution in [0.5, 0.6) is 0 Å². The van der Waals surface area contributed by atoms with Crippen LogP contribution in [0.1, 0.15) is 18.4 Å². The lowest BCUT2D eigenvalue weighted by Crippen LogP contribution is -2.34. The van der Waals surface area contributed by atoms with Crippen molar-refractivity contribution >= 4 is 0 Å². The number of nitrogens with two attached hydrogens (primary N) is 1. The van der Waals surface area contributed by atoms with Gasteiger partial charge in [-0.2, -0.15) is 10.1 Å². The number of aryl methyl sites for hydroxylation is 1. The van der Waals surface area contributed by atoms with Crippen molar-refractivity contribution in [3.63, 3.8) is 0 Å². The van der Waals surface area contributed by atoms with Gasteiger partial charge in [0.05, 0.1) is 0 Å². The number of rotatable bonds is 3. The summed E-state index contributed by atoms with van der Waals surface area (Å²) >= 11 is 0. The highest BCUT2D eigenvalue weighted by atomic mass is 16.5. The van der Waals surface area contributed by atoms with Gasteiger partial charge in [-0.3, -0.25) is 4.68 Å². The molecule has 6 nitrogen and oxygen atoms in total. The summed E-state index contributed by atoms with van der Waals surface area (Å²) in [6, 6.07) is 11.5. The Morgan fingerprint density at radius 3 is 2.60 bits per heavy atom. The van der Waals surface area contributed by atoms with Crippen molar-refractivity contribution in [1.82, 2.24) is 19.9 Å². The summed E-state index contributed by atoms with van der Waals surface area (Å²) in [6.07, 6.45) is 1.82. The van der Waals surface area contributed by atoms with E-state index < -0.39 is 5.54 Å². The van der Waals surface area contributed by atoms with Crippen LogP contribution in [-0.4, -0.2) is 19.9 Å². The lowest BCUT2D eigenvalue weighted by molar-refractivity contribution is 0.325. The van der Waals surface area contributed by atoms with Crippen molar-refractivity contribution in [1.29, 1.82) is 0 Å². The normalized spacial score (nSPS) is 14.2. The van der Waals surface area contributed by atoms with E-state index in [1.165, 1.54) is 0 Å². The van der Waals surface area contributed by atoms with E-state index in [4.69, 9.17) is 10.3 Å². The van der Waals surface area contributed by atoms with Gasteiger partial charge in [0.25, 0.3) is 5.89 Å². The summed E-state index contributed by atoms with van der Waals surface area (Å²) in [7, 11) is 1.83. The molecule has 0 bridgehead atoms. The second kappa shape index (κ2) is 4.57. The van der Waals surface area contributed by atoms with Crippen LogP contribution in [0.3, 0.4) is 0 Å². The topological polar surface area (TPSA) is 82.8 Å². The summed E-state index contributed by atoms with van der Waals surface area (Å²) in [5.41, 5.74) is 7.07. The van der Waals surface area contributed by atoms with E-state index in [2.05, 4.69) is 15.2 Å². The molecule has 1 unspecified atom stereocenters. The third-order valence-electron chi connectivity index (χ3n) is 3.19. The SMILES string of the molecule is Cn1ccc(-c2noc(C(C)(N)c3ccccc3)n2)n1. The molecular formula is C14H15N5O. The fourth-order valence-electron chi connectivity index (χ4n) is 1.98. The smallest absolute Gasteiger partial charge is 0.251 e. The molecule has 2 aromatic heterocycles. The second-order valence-corrected chi connectivity index (χ2v) is 4.87. The van der Waals surface area contributed by atoms with Crippen LogP contribution >= 0.6 is 0 Å². The molecule has 0 aliphatic heterocycles. The molecule has 1 atom stereocenters. The van der Waals surface area contributed by atoms with Gasteiger partial charge in [-0.15, -0.1) is 0 Å². The first-order valence-corrected chi connectivity index (χ1v) is 6.26. The maximum absolute atomic E-state index is 6.33. The van der Waals surface area contributed by atoms with Crippen LogP contribution in [0, 0.1) is 0 Å². The Kier molecular flexibility index (Phi) is 2.87. The highest BCUT2D eigenvalue weighted by Crippen LogP contribution is 2.26. The average molecular weight is 269 g/mol. The molecule has 0 aliphatic rings. The Bertz CT molecular complexity index is 714. The Morgan fingerprint density at radius 1 is 1.20 bits per heavy atom. The van der Waals surface area contributed by atoms with Crippen molar-refractivity contribution < 1.29 is 4.52 Å². The second-order valence-electron chi connectivity index (χ2n) is 4.87. The Morgan fingerprint density at radius 2 is 1.95 bits per heavy atom. The minimum Gasteiger partial charge on any atom is -0.336 e. The van der Waals surface area contributed by atoms with Gasteiger partial charge in [-0.25, -0.2) is 0 Å². The molecule has 0 spiro atoms. The molecule has 0 saturated heterocycles. The minimum atomic E-state index is -0.832. The summed E-state index contributed by atoms with van der Waals surface area (Å²) in [5, 5.41) is 8.19. The van der Waals surface area contributed by atoms with Gasteiger partial charge in [0.1, 0.15) is 11.2 Å². The van der Waals surface area contributed by atoms with Gasteiger partial charge in [-0.05, 0) is 18.6 Å². The Labute approximate surface area is 116 Å². The van der Waals surface area contributed by atoms with E-state index in [0.717, 1.165) is 5.56 Å². The van der Waals surface area contributed by atoms with E-state index in [0.29, 0.717) is 17.4 Å². The van der Waals surface area contributed by atoms with Gasteiger partial charge in [0, 0.05) is 13.2 Å². The minimum absolute atomic E-state index is 0.365. The maximum Gasteiger partial charge on any atom is 0.251 e. The highest BCUT2D eigenvalue weighted by molar-refractivity contribution is 5.47. The van der Waals surface area contributed by atoms with E-state index in [1.807, 2.05) is 56.6 Å². The molecule has 0 fully saturated rings.